The molecule has 0 saturated carbocycles. The van der Waals surface area contributed by atoms with Crippen molar-refractivity contribution < 1.29 is 9.15 Å². The number of furan rings is 1. The molecule has 0 aliphatic rings. The molecule has 0 aliphatic heterocycles. The van der Waals surface area contributed by atoms with Gasteiger partial charge >= 0.3 is 0 Å². The summed E-state index contributed by atoms with van der Waals surface area (Å²) in [5.41, 5.74) is 1.09. The third kappa shape index (κ3) is 3.78. The second kappa shape index (κ2) is 7.36. The number of halogens is 1. The Morgan fingerprint density at radius 1 is 1.35 bits per heavy atom. The lowest BCUT2D eigenvalue weighted by Crippen LogP contribution is -2.22. The number of ether oxygens (including phenoxy) is 1. The van der Waals surface area contributed by atoms with Crippen LogP contribution >= 0.6 is 11.6 Å². The van der Waals surface area contributed by atoms with Gasteiger partial charge in [0.15, 0.2) is 0 Å². The SMILES string of the molecule is CCNC(CCc1ccco1)c1cc(Cl)ccc1OC. The molecule has 0 fully saturated rings. The number of hydrogen-bond acceptors (Lipinski definition) is 3. The Kier molecular flexibility index (Phi) is 5.50. The molecule has 0 bridgehead atoms. The molecule has 1 aromatic heterocycles. The Hall–Kier alpha value is -1.45. The van der Waals surface area contributed by atoms with Crippen molar-refractivity contribution in [3.63, 3.8) is 0 Å². The van der Waals surface area contributed by atoms with Gasteiger partial charge in [-0.15, -0.1) is 0 Å². The van der Waals surface area contributed by atoms with Gasteiger partial charge in [-0.3, -0.25) is 0 Å². The minimum atomic E-state index is 0.193. The van der Waals surface area contributed by atoms with Crippen LogP contribution in [0.4, 0.5) is 0 Å². The lowest BCUT2D eigenvalue weighted by molar-refractivity contribution is 0.393. The van der Waals surface area contributed by atoms with Gasteiger partial charge in [-0.1, -0.05) is 18.5 Å². The van der Waals surface area contributed by atoms with Gasteiger partial charge in [-0.25, -0.2) is 0 Å². The highest BCUT2D eigenvalue weighted by Crippen LogP contribution is 2.30. The summed E-state index contributed by atoms with van der Waals surface area (Å²) in [6, 6.07) is 9.83. The standard InChI is InChI=1S/C16H20ClNO2/c1-3-18-15(8-7-13-5-4-10-20-13)14-11-12(17)6-9-16(14)19-2/h4-6,9-11,15,18H,3,7-8H2,1-2H3. The fourth-order valence-corrected chi connectivity index (χ4v) is 2.51. The van der Waals surface area contributed by atoms with Crippen molar-refractivity contribution >= 4 is 11.6 Å². The minimum absolute atomic E-state index is 0.193. The zero-order chi connectivity index (χ0) is 14.4. The molecule has 0 radical (unpaired) electrons. The lowest BCUT2D eigenvalue weighted by atomic mass is 10.00. The number of hydrogen-bond donors (Lipinski definition) is 1. The summed E-state index contributed by atoms with van der Waals surface area (Å²) in [5, 5.41) is 4.21. The predicted octanol–water partition coefficient (Wildman–Crippen LogP) is 4.23. The zero-order valence-corrected chi connectivity index (χ0v) is 12.6. The molecular weight excluding hydrogens is 274 g/mol. The van der Waals surface area contributed by atoms with Crippen LogP contribution in [0.3, 0.4) is 0 Å². The van der Waals surface area contributed by atoms with E-state index < -0.39 is 0 Å². The summed E-state index contributed by atoms with van der Waals surface area (Å²) >= 11 is 6.12. The highest BCUT2D eigenvalue weighted by atomic mass is 35.5. The van der Waals surface area contributed by atoms with Crippen LogP contribution in [-0.4, -0.2) is 13.7 Å². The Bertz CT molecular complexity index is 525. The molecule has 0 saturated heterocycles. The van der Waals surface area contributed by atoms with Crippen molar-refractivity contribution in [3.05, 3.63) is 52.9 Å². The number of rotatable bonds is 7. The topological polar surface area (TPSA) is 34.4 Å². The zero-order valence-electron chi connectivity index (χ0n) is 11.9. The van der Waals surface area contributed by atoms with Crippen molar-refractivity contribution in [2.45, 2.75) is 25.8 Å². The molecule has 1 heterocycles. The van der Waals surface area contributed by atoms with Gasteiger partial charge in [0.05, 0.1) is 13.4 Å². The Balaban J connectivity index is 2.16. The van der Waals surface area contributed by atoms with Gasteiger partial charge in [0, 0.05) is 23.0 Å². The molecule has 4 heteroatoms. The molecule has 0 spiro atoms. The van der Waals surface area contributed by atoms with E-state index in [1.54, 1.807) is 13.4 Å². The van der Waals surface area contributed by atoms with E-state index in [1.807, 2.05) is 30.3 Å². The van der Waals surface area contributed by atoms with Gasteiger partial charge in [-0.05, 0) is 43.3 Å². The van der Waals surface area contributed by atoms with Crippen molar-refractivity contribution in [2.75, 3.05) is 13.7 Å². The highest BCUT2D eigenvalue weighted by molar-refractivity contribution is 6.30. The van der Waals surface area contributed by atoms with Crippen LogP contribution in [0.5, 0.6) is 5.75 Å². The van der Waals surface area contributed by atoms with E-state index in [1.165, 1.54) is 0 Å². The highest BCUT2D eigenvalue weighted by Gasteiger charge is 2.16. The second-order valence-corrected chi connectivity index (χ2v) is 5.05. The molecule has 1 unspecified atom stereocenters. The Labute approximate surface area is 124 Å². The van der Waals surface area contributed by atoms with Crippen molar-refractivity contribution in [2.24, 2.45) is 0 Å². The molecular formula is C16H20ClNO2. The fraction of sp³-hybridized carbons (Fsp3) is 0.375. The molecule has 108 valence electrons. The third-order valence-electron chi connectivity index (χ3n) is 3.28. The normalized spacial score (nSPS) is 12.3. The molecule has 2 aromatic rings. The number of benzene rings is 1. The van der Waals surface area contributed by atoms with Crippen LogP contribution in [0, 0.1) is 0 Å². The maximum absolute atomic E-state index is 6.12. The smallest absolute Gasteiger partial charge is 0.123 e. The summed E-state index contributed by atoms with van der Waals surface area (Å²) in [6.07, 6.45) is 3.51. The number of methoxy groups -OCH3 is 1. The van der Waals surface area contributed by atoms with Crippen LogP contribution in [0.1, 0.15) is 30.7 Å². The van der Waals surface area contributed by atoms with Gasteiger partial charge < -0.3 is 14.5 Å². The summed E-state index contributed by atoms with van der Waals surface area (Å²) in [6.45, 7) is 2.98. The fourth-order valence-electron chi connectivity index (χ4n) is 2.33. The van der Waals surface area contributed by atoms with E-state index in [2.05, 4.69) is 12.2 Å². The lowest BCUT2D eigenvalue weighted by Gasteiger charge is -2.20. The van der Waals surface area contributed by atoms with Crippen molar-refractivity contribution in [3.8, 4) is 5.75 Å². The van der Waals surface area contributed by atoms with E-state index in [9.17, 15) is 0 Å². The molecule has 0 amide bonds. The number of nitrogens with one attached hydrogen (secondary N) is 1. The van der Waals surface area contributed by atoms with Crippen LogP contribution in [-0.2, 0) is 6.42 Å². The molecule has 1 N–H and O–H groups in total. The maximum atomic E-state index is 6.12. The number of aryl methyl sites for hydroxylation is 1. The first-order valence-electron chi connectivity index (χ1n) is 6.83. The Morgan fingerprint density at radius 3 is 2.85 bits per heavy atom. The van der Waals surface area contributed by atoms with Crippen LogP contribution in [0.25, 0.3) is 0 Å². The van der Waals surface area contributed by atoms with Gasteiger partial charge in [-0.2, -0.15) is 0 Å². The molecule has 3 nitrogen and oxygen atoms in total. The van der Waals surface area contributed by atoms with Gasteiger partial charge in [0.2, 0.25) is 0 Å². The Morgan fingerprint density at radius 2 is 2.20 bits per heavy atom. The quantitative estimate of drug-likeness (QED) is 0.830. The summed E-state index contributed by atoms with van der Waals surface area (Å²) < 4.78 is 10.8. The van der Waals surface area contributed by atoms with Crippen LogP contribution < -0.4 is 10.1 Å². The first-order valence-corrected chi connectivity index (χ1v) is 7.21. The molecule has 1 atom stereocenters. The van der Waals surface area contributed by atoms with Crippen molar-refractivity contribution in [1.82, 2.24) is 5.32 Å². The summed E-state index contributed by atoms with van der Waals surface area (Å²) in [7, 11) is 1.68. The first-order chi connectivity index (χ1) is 9.74. The average Bonchev–Trinajstić information content (AvgIpc) is 2.96. The van der Waals surface area contributed by atoms with Crippen LogP contribution in [0.2, 0.25) is 5.02 Å². The molecule has 0 aliphatic carbocycles. The monoisotopic (exact) mass is 293 g/mol. The van der Waals surface area contributed by atoms with Gasteiger partial charge in [0.1, 0.15) is 11.5 Å². The van der Waals surface area contributed by atoms with E-state index in [-0.39, 0.29) is 6.04 Å². The second-order valence-electron chi connectivity index (χ2n) is 4.61. The van der Waals surface area contributed by atoms with Crippen molar-refractivity contribution in [1.29, 1.82) is 0 Å². The van der Waals surface area contributed by atoms with E-state index in [0.717, 1.165) is 41.5 Å². The summed E-state index contributed by atoms with van der Waals surface area (Å²) in [5.74, 6) is 1.86. The molecule has 1 aromatic carbocycles. The van der Waals surface area contributed by atoms with E-state index in [0.29, 0.717) is 0 Å². The van der Waals surface area contributed by atoms with E-state index >= 15 is 0 Å². The summed E-state index contributed by atoms with van der Waals surface area (Å²) in [4.78, 5) is 0. The minimum Gasteiger partial charge on any atom is -0.496 e. The third-order valence-corrected chi connectivity index (χ3v) is 3.51. The molecule has 20 heavy (non-hydrogen) atoms. The predicted molar refractivity (Wildman–Crippen MR) is 81.5 cm³/mol. The average molecular weight is 294 g/mol. The molecule has 2 rings (SSSR count). The first kappa shape index (κ1) is 14.9. The van der Waals surface area contributed by atoms with Crippen LogP contribution in [0.15, 0.2) is 41.0 Å². The van der Waals surface area contributed by atoms with Gasteiger partial charge in [0.25, 0.3) is 0 Å². The van der Waals surface area contributed by atoms with E-state index in [4.69, 9.17) is 20.8 Å². The maximum Gasteiger partial charge on any atom is 0.123 e. The largest absolute Gasteiger partial charge is 0.496 e.